The molecule has 1 N–H and O–H groups in total. The van der Waals surface area contributed by atoms with Crippen LogP contribution in [0.1, 0.15) is 6.92 Å². The lowest BCUT2D eigenvalue weighted by atomic mass is 10.3. The van der Waals surface area contributed by atoms with Gasteiger partial charge in [-0.1, -0.05) is 12.2 Å². The van der Waals surface area contributed by atoms with Gasteiger partial charge in [-0.15, -0.1) is 0 Å². The van der Waals surface area contributed by atoms with E-state index in [1.807, 2.05) is 6.92 Å². The number of hydrogen-bond acceptors (Lipinski definition) is 2. The molecule has 3 heteroatoms. The zero-order chi connectivity index (χ0) is 8.15. The normalized spacial score (nSPS) is 9.90. The average Bonchev–Trinajstić information content (AvgIpc) is 1.58. The Morgan fingerprint density at radius 1 is 1.60 bits per heavy atom. The molecule has 0 aliphatic rings. The predicted octanol–water partition coefficient (Wildman–Crippen LogP) is 0.579. The van der Waals surface area contributed by atoms with Crippen molar-refractivity contribution in [2.75, 3.05) is 20.1 Å². The molecule has 0 fully saturated rings. The summed E-state index contributed by atoms with van der Waals surface area (Å²) in [4.78, 5) is 11.8. The Labute approximate surface area is 61.0 Å². The van der Waals surface area contributed by atoms with Crippen LogP contribution < -0.4 is 0 Å². The molecule has 3 nitrogen and oxygen atoms in total. The fourth-order valence-electron chi connectivity index (χ4n) is 0.748. The third-order valence-corrected chi connectivity index (χ3v) is 0.945. The summed E-state index contributed by atoms with van der Waals surface area (Å²) in [5, 5.41) is 8.33. The molecule has 0 aliphatic carbocycles. The molecule has 0 saturated heterocycles. The van der Waals surface area contributed by atoms with Gasteiger partial charge >= 0.3 is 5.97 Å². The molecule has 0 saturated carbocycles. The highest BCUT2D eigenvalue weighted by Gasteiger charge is 2.02. The van der Waals surface area contributed by atoms with Gasteiger partial charge in [0.15, 0.2) is 0 Å². The highest BCUT2D eigenvalue weighted by Crippen LogP contribution is 1.90. The minimum absolute atomic E-state index is 0.0762. The maximum Gasteiger partial charge on any atom is 0.317 e. The summed E-state index contributed by atoms with van der Waals surface area (Å²) in [5.41, 5.74) is 0.976. The lowest BCUT2D eigenvalue weighted by Gasteiger charge is -2.12. The second-order valence-corrected chi connectivity index (χ2v) is 2.52. The molecular formula is C7H13NO2. The summed E-state index contributed by atoms with van der Waals surface area (Å²) in [5.74, 6) is -0.802. The lowest BCUT2D eigenvalue weighted by Crippen LogP contribution is -2.26. The van der Waals surface area contributed by atoms with Gasteiger partial charge in [0.05, 0.1) is 6.54 Å². The van der Waals surface area contributed by atoms with Crippen molar-refractivity contribution < 1.29 is 9.90 Å². The molecule has 0 spiro atoms. The number of likely N-dealkylation sites (N-methyl/N-ethyl adjacent to an activating group) is 1. The van der Waals surface area contributed by atoms with Gasteiger partial charge in [-0.05, 0) is 14.0 Å². The van der Waals surface area contributed by atoms with Gasteiger partial charge in [0.2, 0.25) is 0 Å². The Bertz CT molecular complexity index is 127. The fourth-order valence-corrected chi connectivity index (χ4v) is 0.748. The first-order valence-electron chi connectivity index (χ1n) is 3.07. The van der Waals surface area contributed by atoms with Crippen molar-refractivity contribution in [1.29, 1.82) is 0 Å². The van der Waals surface area contributed by atoms with Gasteiger partial charge in [-0.2, -0.15) is 0 Å². The second-order valence-electron chi connectivity index (χ2n) is 2.52. The van der Waals surface area contributed by atoms with Crippen molar-refractivity contribution in [3.8, 4) is 0 Å². The molecule has 0 amide bonds. The maximum absolute atomic E-state index is 10.1. The molecule has 0 aromatic heterocycles. The van der Waals surface area contributed by atoms with Crippen LogP contribution in [-0.4, -0.2) is 36.1 Å². The number of carboxylic acid groups (broad SMARTS) is 1. The highest BCUT2D eigenvalue weighted by molar-refractivity contribution is 5.69. The van der Waals surface area contributed by atoms with E-state index in [1.165, 1.54) is 0 Å². The molecular weight excluding hydrogens is 130 g/mol. The van der Waals surface area contributed by atoms with Crippen LogP contribution in [0.5, 0.6) is 0 Å². The average molecular weight is 143 g/mol. The summed E-state index contributed by atoms with van der Waals surface area (Å²) in [6, 6.07) is 0. The molecule has 0 rings (SSSR count). The minimum Gasteiger partial charge on any atom is -0.480 e. The van der Waals surface area contributed by atoms with Crippen molar-refractivity contribution in [2.45, 2.75) is 6.92 Å². The van der Waals surface area contributed by atoms with E-state index >= 15 is 0 Å². The van der Waals surface area contributed by atoms with E-state index in [0.29, 0.717) is 6.54 Å². The van der Waals surface area contributed by atoms with Gasteiger partial charge in [0.1, 0.15) is 0 Å². The first-order valence-corrected chi connectivity index (χ1v) is 3.07. The van der Waals surface area contributed by atoms with Gasteiger partial charge in [-0.25, -0.2) is 0 Å². The van der Waals surface area contributed by atoms with Crippen LogP contribution in [-0.2, 0) is 4.79 Å². The summed E-state index contributed by atoms with van der Waals surface area (Å²) in [7, 11) is 1.75. The van der Waals surface area contributed by atoms with Crippen LogP contribution >= 0.6 is 0 Å². The molecule has 58 valence electrons. The van der Waals surface area contributed by atoms with Gasteiger partial charge in [-0.3, -0.25) is 9.69 Å². The van der Waals surface area contributed by atoms with Crippen LogP contribution in [0.4, 0.5) is 0 Å². The zero-order valence-corrected chi connectivity index (χ0v) is 6.42. The Balaban J connectivity index is 3.53. The number of rotatable bonds is 4. The van der Waals surface area contributed by atoms with Crippen LogP contribution in [0.15, 0.2) is 12.2 Å². The van der Waals surface area contributed by atoms with E-state index in [1.54, 1.807) is 11.9 Å². The molecule has 0 radical (unpaired) electrons. The van der Waals surface area contributed by atoms with E-state index < -0.39 is 5.97 Å². The summed E-state index contributed by atoms with van der Waals surface area (Å²) in [6.45, 7) is 6.26. The van der Waals surface area contributed by atoms with Crippen LogP contribution in [0.25, 0.3) is 0 Å². The first kappa shape index (κ1) is 9.17. The molecule has 0 bridgehead atoms. The second kappa shape index (κ2) is 4.06. The Hall–Kier alpha value is -0.830. The Morgan fingerprint density at radius 2 is 2.10 bits per heavy atom. The molecule has 0 aromatic rings. The van der Waals surface area contributed by atoms with E-state index in [2.05, 4.69) is 6.58 Å². The SMILES string of the molecule is C=C(C)CN(C)CC(=O)O. The van der Waals surface area contributed by atoms with Gasteiger partial charge < -0.3 is 5.11 Å². The van der Waals surface area contributed by atoms with E-state index in [-0.39, 0.29) is 6.54 Å². The molecule has 0 unspecified atom stereocenters. The largest absolute Gasteiger partial charge is 0.480 e. The topological polar surface area (TPSA) is 40.5 Å². The molecule has 0 aromatic carbocycles. The number of hydrogen-bond donors (Lipinski definition) is 1. The Kier molecular flexibility index (Phi) is 3.72. The Morgan fingerprint density at radius 3 is 2.40 bits per heavy atom. The quantitative estimate of drug-likeness (QED) is 0.585. The standard InChI is InChI=1S/C7H13NO2/c1-6(2)4-8(3)5-7(9)10/h1,4-5H2,2-3H3,(H,9,10). The lowest BCUT2D eigenvalue weighted by molar-refractivity contribution is -0.137. The van der Waals surface area contributed by atoms with Crippen molar-refractivity contribution in [3.63, 3.8) is 0 Å². The maximum atomic E-state index is 10.1. The fraction of sp³-hybridized carbons (Fsp3) is 0.571. The van der Waals surface area contributed by atoms with Crippen molar-refractivity contribution in [1.82, 2.24) is 4.90 Å². The number of carbonyl (C=O) groups is 1. The van der Waals surface area contributed by atoms with Gasteiger partial charge in [0.25, 0.3) is 0 Å². The van der Waals surface area contributed by atoms with Gasteiger partial charge in [0, 0.05) is 6.54 Å². The van der Waals surface area contributed by atoms with Crippen LogP contribution in [0.2, 0.25) is 0 Å². The van der Waals surface area contributed by atoms with Crippen molar-refractivity contribution >= 4 is 5.97 Å². The van der Waals surface area contributed by atoms with E-state index in [4.69, 9.17) is 5.11 Å². The summed E-state index contributed by atoms with van der Waals surface area (Å²) in [6.07, 6.45) is 0. The van der Waals surface area contributed by atoms with Crippen molar-refractivity contribution in [3.05, 3.63) is 12.2 Å². The smallest absolute Gasteiger partial charge is 0.317 e. The van der Waals surface area contributed by atoms with E-state index in [9.17, 15) is 4.79 Å². The minimum atomic E-state index is -0.802. The number of aliphatic carboxylic acids is 1. The summed E-state index contributed by atoms with van der Waals surface area (Å²) >= 11 is 0. The van der Waals surface area contributed by atoms with Crippen LogP contribution in [0.3, 0.4) is 0 Å². The summed E-state index contributed by atoms with van der Waals surface area (Å²) < 4.78 is 0. The molecule has 0 aliphatic heterocycles. The monoisotopic (exact) mass is 143 g/mol. The zero-order valence-electron chi connectivity index (χ0n) is 6.42. The third kappa shape index (κ3) is 5.31. The molecule has 10 heavy (non-hydrogen) atoms. The number of nitrogens with zero attached hydrogens (tertiary/aromatic N) is 1. The van der Waals surface area contributed by atoms with E-state index in [0.717, 1.165) is 5.57 Å². The van der Waals surface area contributed by atoms with Crippen LogP contribution in [0, 0.1) is 0 Å². The number of carboxylic acids is 1. The first-order chi connectivity index (χ1) is 4.52. The highest BCUT2D eigenvalue weighted by atomic mass is 16.4. The molecule has 0 heterocycles. The molecule has 0 atom stereocenters. The van der Waals surface area contributed by atoms with Crippen molar-refractivity contribution in [2.24, 2.45) is 0 Å². The third-order valence-electron chi connectivity index (χ3n) is 0.945. The predicted molar refractivity (Wildman–Crippen MR) is 39.9 cm³/mol.